The van der Waals surface area contributed by atoms with E-state index in [0.29, 0.717) is 0 Å². The Kier molecular flexibility index (Phi) is 4.98. The van der Waals surface area contributed by atoms with Crippen molar-refractivity contribution in [1.29, 1.82) is 0 Å². The van der Waals surface area contributed by atoms with Crippen molar-refractivity contribution in [1.82, 2.24) is 0 Å². The van der Waals surface area contributed by atoms with Gasteiger partial charge in [0.15, 0.2) is 0 Å². The van der Waals surface area contributed by atoms with Crippen LogP contribution in [0, 0.1) is 0 Å². The van der Waals surface area contributed by atoms with Crippen LogP contribution in [0.1, 0.15) is 25.3 Å². The molecule has 78 valence electrons. The average molecular weight is 259 g/mol. The number of aliphatic hydroxyl groups is 1. The molecule has 14 heavy (non-hydrogen) atoms. The molecule has 0 atom stereocenters. The maximum Gasteiger partial charge on any atom is 0.119 e. The molecule has 0 fully saturated rings. The van der Waals surface area contributed by atoms with Gasteiger partial charge in [0.05, 0.1) is 13.2 Å². The van der Waals surface area contributed by atoms with E-state index >= 15 is 0 Å². The van der Waals surface area contributed by atoms with E-state index in [4.69, 9.17) is 9.84 Å². The Hall–Kier alpha value is -0.540. The molecule has 1 aromatic rings. The lowest BCUT2D eigenvalue weighted by Crippen LogP contribution is -1.97. The summed E-state index contributed by atoms with van der Waals surface area (Å²) in [5.74, 6) is 0.825. The molecule has 1 N–H and O–H groups in total. The van der Waals surface area contributed by atoms with Crippen LogP contribution < -0.4 is 4.74 Å². The van der Waals surface area contributed by atoms with Gasteiger partial charge in [0, 0.05) is 4.47 Å². The molecule has 3 heteroatoms. The first-order chi connectivity index (χ1) is 6.77. The molecule has 0 saturated heterocycles. The smallest absolute Gasteiger partial charge is 0.119 e. The SMILES string of the molecule is CCCCOc1ccc(Br)c(CO)c1. The number of hydrogen-bond acceptors (Lipinski definition) is 2. The van der Waals surface area contributed by atoms with Crippen LogP contribution in [0.15, 0.2) is 22.7 Å². The largest absolute Gasteiger partial charge is 0.494 e. The molecular weight excluding hydrogens is 244 g/mol. The summed E-state index contributed by atoms with van der Waals surface area (Å²) in [6, 6.07) is 5.66. The standard InChI is InChI=1S/C11H15BrO2/c1-2-3-6-14-10-4-5-11(12)9(7-10)8-13/h4-5,7,13H,2-3,6,8H2,1H3. The van der Waals surface area contributed by atoms with Crippen molar-refractivity contribution in [3.05, 3.63) is 28.2 Å². The van der Waals surface area contributed by atoms with Gasteiger partial charge in [-0.1, -0.05) is 29.3 Å². The zero-order valence-electron chi connectivity index (χ0n) is 8.29. The Labute approximate surface area is 93.0 Å². The van der Waals surface area contributed by atoms with Crippen LogP contribution in [0.25, 0.3) is 0 Å². The summed E-state index contributed by atoms with van der Waals surface area (Å²) in [7, 11) is 0. The molecule has 0 radical (unpaired) electrons. The third kappa shape index (κ3) is 3.31. The second kappa shape index (κ2) is 6.04. The van der Waals surface area contributed by atoms with Gasteiger partial charge in [-0.3, -0.25) is 0 Å². The molecule has 1 aromatic carbocycles. The molecule has 0 unspecified atom stereocenters. The normalized spacial score (nSPS) is 10.2. The van der Waals surface area contributed by atoms with E-state index < -0.39 is 0 Å². The van der Waals surface area contributed by atoms with Crippen molar-refractivity contribution in [2.45, 2.75) is 26.4 Å². The van der Waals surface area contributed by atoms with E-state index in [2.05, 4.69) is 22.9 Å². The highest BCUT2D eigenvalue weighted by Crippen LogP contribution is 2.22. The van der Waals surface area contributed by atoms with Crippen LogP contribution in [-0.2, 0) is 6.61 Å². The highest BCUT2D eigenvalue weighted by molar-refractivity contribution is 9.10. The van der Waals surface area contributed by atoms with Gasteiger partial charge in [0.25, 0.3) is 0 Å². The zero-order valence-corrected chi connectivity index (χ0v) is 9.88. The van der Waals surface area contributed by atoms with E-state index in [1.165, 1.54) is 0 Å². The first-order valence-corrected chi connectivity index (χ1v) is 5.59. The Balaban J connectivity index is 2.60. The molecule has 0 aliphatic carbocycles. The molecule has 0 saturated carbocycles. The van der Waals surface area contributed by atoms with E-state index in [0.717, 1.165) is 35.2 Å². The molecule has 0 heterocycles. The second-order valence-corrected chi connectivity index (χ2v) is 3.97. The first kappa shape index (κ1) is 11.5. The fraction of sp³-hybridized carbons (Fsp3) is 0.455. The van der Waals surface area contributed by atoms with Gasteiger partial charge in [0.1, 0.15) is 5.75 Å². The summed E-state index contributed by atoms with van der Waals surface area (Å²) in [4.78, 5) is 0. The molecule has 0 bridgehead atoms. The van der Waals surface area contributed by atoms with Crippen LogP contribution in [0.3, 0.4) is 0 Å². The maximum atomic E-state index is 9.03. The fourth-order valence-electron chi connectivity index (χ4n) is 1.10. The summed E-state index contributed by atoms with van der Waals surface area (Å²) >= 11 is 3.36. The van der Waals surface area contributed by atoms with Crippen molar-refractivity contribution >= 4 is 15.9 Å². The van der Waals surface area contributed by atoms with Gasteiger partial charge in [0.2, 0.25) is 0 Å². The molecule has 0 aliphatic heterocycles. The number of halogens is 1. The molecule has 0 spiro atoms. The second-order valence-electron chi connectivity index (χ2n) is 3.11. The Bertz CT molecular complexity index is 287. The average Bonchev–Trinajstić information content (AvgIpc) is 2.21. The van der Waals surface area contributed by atoms with Gasteiger partial charge in [-0.05, 0) is 30.2 Å². The topological polar surface area (TPSA) is 29.5 Å². The lowest BCUT2D eigenvalue weighted by atomic mass is 10.2. The monoisotopic (exact) mass is 258 g/mol. The molecular formula is C11H15BrO2. The van der Waals surface area contributed by atoms with Crippen LogP contribution in [0.2, 0.25) is 0 Å². The predicted molar refractivity (Wildman–Crippen MR) is 60.5 cm³/mol. The van der Waals surface area contributed by atoms with Crippen molar-refractivity contribution < 1.29 is 9.84 Å². The van der Waals surface area contributed by atoms with E-state index in [9.17, 15) is 0 Å². The third-order valence-corrected chi connectivity index (χ3v) is 2.73. The lowest BCUT2D eigenvalue weighted by molar-refractivity contribution is 0.277. The minimum atomic E-state index is 0.0333. The first-order valence-electron chi connectivity index (χ1n) is 4.80. The number of aliphatic hydroxyl groups excluding tert-OH is 1. The summed E-state index contributed by atoms with van der Waals surface area (Å²) < 4.78 is 6.43. The highest BCUT2D eigenvalue weighted by Gasteiger charge is 2.00. The Morgan fingerprint density at radius 3 is 2.86 bits per heavy atom. The Morgan fingerprint density at radius 2 is 2.21 bits per heavy atom. The highest BCUT2D eigenvalue weighted by atomic mass is 79.9. The maximum absolute atomic E-state index is 9.03. The van der Waals surface area contributed by atoms with Crippen molar-refractivity contribution in [3.8, 4) is 5.75 Å². The molecule has 0 aliphatic rings. The summed E-state index contributed by atoms with van der Waals surface area (Å²) in [5, 5.41) is 9.03. The summed E-state index contributed by atoms with van der Waals surface area (Å²) in [6.45, 7) is 2.90. The number of rotatable bonds is 5. The van der Waals surface area contributed by atoms with E-state index in [1.54, 1.807) is 0 Å². The van der Waals surface area contributed by atoms with Crippen LogP contribution in [0.4, 0.5) is 0 Å². The van der Waals surface area contributed by atoms with Crippen molar-refractivity contribution in [2.24, 2.45) is 0 Å². The van der Waals surface area contributed by atoms with Crippen molar-refractivity contribution in [2.75, 3.05) is 6.61 Å². The third-order valence-electron chi connectivity index (χ3n) is 1.95. The number of ether oxygens (including phenoxy) is 1. The molecule has 0 aromatic heterocycles. The van der Waals surface area contributed by atoms with Gasteiger partial charge in [-0.25, -0.2) is 0 Å². The van der Waals surface area contributed by atoms with Crippen LogP contribution >= 0.6 is 15.9 Å². The quantitative estimate of drug-likeness (QED) is 0.823. The number of hydrogen-bond donors (Lipinski definition) is 1. The van der Waals surface area contributed by atoms with Gasteiger partial charge in [-0.15, -0.1) is 0 Å². The fourth-order valence-corrected chi connectivity index (χ4v) is 1.47. The number of benzene rings is 1. The zero-order chi connectivity index (χ0) is 10.4. The predicted octanol–water partition coefficient (Wildman–Crippen LogP) is 3.12. The molecule has 2 nitrogen and oxygen atoms in total. The Morgan fingerprint density at radius 1 is 1.43 bits per heavy atom. The minimum absolute atomic E-state index is 0.0333. The minimum Gasteiger partial charge on any atom is -0.494 e. The van der Waals surface area contributed by atoms with Gasteiger partial charge >= 0.3 is 0 Å². The summed E-state index contributed by atoms with van der Waals surface area (Å²) in [5.41, 5.74) is 0.860. The van der Waals surface area contributed by atoms with Crippen LogP contribution in [0.5, 0.6) is 5.75 Å². The molecule has 1 rings (SSSR count). The van der Waals surface area contributed by atoms with Gasteiger partial charge < -0.3 is 9.84 Å². The van der Waals surface area contributed by atoms with Crippen LogP contribution in [-0.4, -0.2) is 11.7 Å². The van der Waals surface area contributed by atoms with E-state index in [1.807, 2.05) is 18.2 Å². The summed E-state index contributed by atoms with van der Waals surface area (Å²) in [6.07, 6.45) is 2.19. The van der Waals surface area contributed by atoms with Crippen molar-refractivity contribution in [3.63, 3.8) is 0 Å². The molecule has 0 amide bonds. The lowest BCUT2D eigenvalue weighted by Gasteiger charge is -2.07. The van der Waals surface area contributed by atoms with E-state index in [-0.39, 0.29) is 6.61 Å². The number of unbranched alkanes of at least 4 members (excludes halogenated alkanes) is 1. The van der Waals surface area contributed by atoms with Gasteiger partial charge in [-0.2, -0.15) is 0 Å².